The van der Waals surface area contributed by atoms with Crippen LogP contribution in [0.3, 0.4) is 0 Å². The molecular weight excluding hydrogens is 206 g/mol. The second-order valence-electron chi connectivity index (χ2n) is 3.15. The number of thiol groups is 1. The van der Waals surface area contributed by atoms with Gasteiger partial charge in [0.15, 0.2) is 0 Å². The number of thiocarbonyl (C=S) groups is 1. The summed E-state index contributed by atoms with van der Waals surface area (Å²) in [6.45, 7) is 4.05. The fourth-order valence-electron chi connectivity index (χ4n) is 0.977. The Hall–Kier alpha value is -0.290. The second kappa shape index (κ2) is 6.21. The first-order valence-corrected chi connectivity index (χ1v) is 4.90. The third-order valence-electron chi connectivity index (χ3n) is 1.49. The third-order valence-corrected chi connectivity index (χ3v) is 1.74. The maximum absolute atomic E-state index is 11.2. The van der Waals surface area contributed by atoms with E-state index < -0.39 is 0 Å². The van der Waals surface area contributed by atoms with Crippen molar-refractivity contribution in [3.8, 4) is 0 Å². The van der Waals surface area contributed by atoms with E-state index >= 15 is 0 Å². The van der Waals surface area contributed by atoms with Crippen molar-refractivity contribution in [2.24, 2.45) is 5.92 Å². The van der Waals surface area contributed by atoms with Crippen molar-refractivity contribution in [2.45, 2.75) is 26.3 Å². The molecule has 5 heteroatoms. The van der Waals surface area contributed by atoms with E-state index in [-0.39, 0.29) is 12.0 Å². The van der Waals surface area contributed by atoms with Gasteiger partial charge in [-0.1, -0.05) is 26.1 Å². The average Bonchev–Trinajstić information content (AvgIpc) is 2.00. The molecule has 0 saturated heterocycles. The van der Waals surface area contributed by atoms with E-state index in [1.54, 1.807) is 0 Å². The molecule has 0 aromatic heterocycles. The van der Waals surface area contributed by atoms with Crippen LogP contribution in [-0.4, -0.2) is 23.4 Å². The maximum Gasteiger partial charge on any atom is 0.328 e. The van der Waals surface area contributed by atoms with Crippen molar-refractivity contribution >= 4 is 35.1 Å². The normalized spacial score (nSPS) is 12.4. The van der Waals surface area contributed by atoms with E-state index in [9.17, 15) is 4.79 Å². The lowest BCUT2D eigenvalue weighted by molar-refractivity contribution is -0.143. The summed E-state index contributed by atoms with van der Waals surface area (Å²) in [6.07, 6.45) is 0.688. The minimum absolute atomic E-state index is 0.301. The van der Waals surface area contributed by atoms with Gasteiger partial charge < -0.3 is 10.1 Å². The largest absolute Gasteiger partial charge is 0.467 e. The molecule has 0 aliphatic carbocycles. The lowest BCUT2D eigenvalue weighted by Gasteiger charge is -2.17. The van der Waals surface area contributed by atoms with Gasteiger partial charge in [0.25, 0.3) is 0 Å². The number of nitrogens with one attached hydrogen (secondary N) is 1. The van der Waals surface area contributed by atoms with Crippen molar-refractivity contribution < 1.29 is 9.53 Å². The number of ether oxygens (including phenoxy) is 1. The molecule has 0 heterocycles. The van der Waals surface area contributed by atoms with E-state index in [2.05, 4.69) is 22.7 Å². The van der Waals surface area contributed by atoms with Gasteiger partial charge in [-0.3, -0.25) is 0 Å². The fourth-order valence-corrected chi connectivity index (χ4v) is 1.27. The molecule has 0 fully saturated rings. The lowest BCUT2D eigenvalue weighted by Crippen LogP contribution is -2.39. The molecule has 1 N–H and O–H groups in total. The molecular formula is C8H15NO2S2. The maximum atomic E-state index is 11.2. The fraction of sp³-hybridized carbons (Fsp3) is 0.750. The van der Waals surface area contributed by atoms with Gasteiger partial charge in [-0.15, -0.1) is 12.6 Å². The summed E-state index contributed by atoms with van der Waals surface area (Å²) in [4.78, 5) is 11.2. The lowest BCUT2D eigenvalue weighted by atomic mass is 10.0. The predicted molar refractivity (Wildman–Crippen MR) is 60.0 cm³/mol. The van der Waals surface area contributed by atoms with Crippen molar-refractivity contribution in [3.63, 3.8) is 0 Å². The van der Waals surface area contributed by atoms with Crippen LogP contribution in [0.15, 0.2) is 0 Å². The van der Waals surface area contributed by atoms with Crippen LogP contribution in [0.25, 0.3) is 0 Å². The number of carbonyl (C=O) groups is 1. The highest BCUT2D eigenvalue weighted by Gasteiger charge is 2.20. The molecule has 1 atom stereocenters. The monoisotopic (exact) mass is 221 g/mol. The zero-order valence-corrected chi connectivity index (χ0v) is 9.74. The van der Waals surface area contributed by atoms with Crippen LogP contribution in [-0.2, 0) is 9.53 Å². The molecule has 0 amide bonds. The van der Waals surface area contributed by atoms with Gasteiger partial charge in [-0.25, -0.2) is 4.79 Å². The Morgan fingerprint density at radius 3 is 2.46 bits per heavy atom. The number of rotatable bonds is 4. The molecule has 0 saturated carbocycles. The molecule has 0 bridgehead atoms. The second-order valence-corrected chi connectivity index (χ2v) is 4.31. The van der Waals surface area contributed by atoms with Gasteiger partial charge in [-0.2, -0.15) is 0 Å². The van der Waals surface area contributed by atoms with Gasteiger partial charge in [0.05, 0.1) is 7.11 Å². The van der Waals surface area contributed by atoms with Crippen LogP contribution in [0.4, 0.5) is 0 Å². The summed E-state index contributed by atoms with van der Waals surface area (Å²) in [5.41, 5.74) is 0. The molecule has 0 rings (SSSR count). The van der Waals surface area contributed by atoms with Crippen LogP contribution in [0.2, 0.25) is 0 Å². The van der Waals surface area contributed by atoms with Crippen molar-refractivity contribution in [2.75, 3.05) is 7.11 Å². The zero-order chi connectivity index (χ0) is 10.4. The van der Waals surface area contributed by atoms with Gasteiger partial charge >= 0.3 is 5.97 Å². The van der Waals surface area contributed by atoms with Gasteiger partial charge in [0.2, 0.25) is 0 Å². The van der Waals surface area contributed by atoms with Gasteiger partial charge in [0, 0.05) is 0 Å². The van der Waals surface area contributed by atoms with Crippen molar-refractivity contribution in [1.82, 2.24) is 5.32 Å². The molecule has 0 spiro atoms. The Kier molecular flexibility index (Phi) is 6.07. The standard InChI is InChI=1S/C8H15NO2S2/c1-5(2)4-6(7(10)11-3)9-8(12)13/h5-6H,4H2,1-3H3,(H2,9,12,13)/t6-/m0/s1. The van der Waals surface area contributed by atoms with Crippen LogP contribution in [0, 0.1) is 5.92 Å². The van der Waals surface area contributed by atoms with E-state index in [0.717, 1.165) is 0 Å². The molecule has 0 unspecified atom stereocenters. The highest BCUT2D eigenvalue weighted by molar-refractivity contribution is 8.11. The van der Waals surface area contributed by atoms with E-state index in [1.807, 2.05) is 13.8 Å². The molecule has 0 aromatic carbocycles. The first-order valence-electron chi connectivity index (χ1n) is 4.04. The SMILES string of the molecule is COC(=O)[C@H](CC(C)C)NC(=S)S. The summed E-state index contributed by atoms with van der Waals surface area (Å²) in [6, 6.07) is -0.380. The molecule has 0 aromatic rings. The predicted octanol–water partition coefficient (Wildman–Crippen LogP) is 1.38. The molecule has 0 aliphatic rings. The van der Waals surface area contributed by atoms with E-state index in [4.69, 9.17) is 12.2 Å². The Morgan fingerprint density at radius 2 is 2.15 bits per heavy atom. The first kappa shape index (κ1) is 12.7. The topological polar surface area (TPSA) is 38.3 Å². The molecule has 0 radical (unpaired) electrons. The summed E-state index contributed by atoms with van der Waals surface area (Å²) < 4.78 is 4.93. The van der Waals surface area contributed by atoms with Crippen molar-refractivity contribution in [3.05, 3.63) is 0 Å². The third kappa shape index (κ3) is 5.87. The summed E-state index contributed by atoms with van der Waals surface area (Å²) in [5.74, 6) is 0.101. The highest BCUT2D eigenvalue weighted by atomic mass is 32.1. The Balaban J connectivity index is 4.18. The Bertz CT molecular complexity index is 195. The number of esters is 1. The molecule has 0 aliphatic heterocycles. The number of hydrogen-bond acceptors (Lipinski definition) is 3. The average molecular weight is 221 g/mol. The summed E-state index contributed by atoms with van der Waals surface area (Å²) >= 11 is 8.64. The molecule has 13 heavy (non-hydrogen) atoms. The van der Waals surface area contributed by atoms with Gasteiger partial charge in [0.1, 0.15) is 10.4 Å². The smallest absolute Gasteiger partial charge is 0.328 e. The minimum atomic E-state index is -0.380. The van der Waals surface area contributed by atoms with Crippen LogP contribution < -0.4 is 5.32 Å². The minimum Gasteiger partial charge on any atom is -0.467 e. The number of methoxy groups -OCH3 is 1. The molecule has 3 nitrogen and oxygen atoms in total. The van der Waals surface area contributed by atoms with Crippen LogP contribution in [0.5, 0.6) is 0 Å². The van der Waals surface area contributed by atoms with Crippen LogP contribution >= 0.6 is 24.8 Å². The van der Waals surface area contributed by atoms with E-state index in [1.165, 1.54) is 7.11 Å². The molecule has 76 valence electrons. The number of carbonyl (C=O) groups excluding carboxylic acids is 1. The Labute approximate surface area is 89.6 Å². The zero-order valence-electron chi connectivity index (χ0n) is 8.03. The first-order chi connectivity index (χ1) is 5.97. The summed E-state index contributed by atoms with van der Waals surface area (Å²) in [5, 5.41) is 2.78. The van der Waals surface area contributed by atoms with Crippen molar-refractivity contribution in [1.29, 1.82) is 0 Å². The van der Waals surface area contributed by atoms with Crippen LogP contribution in [0.1, 0.15) is 20.3 Å². The van der Waals surface area contributed by atoms with E-state index in [0.29, 0.717) is 16.7 Å². The highest BCUT2D eigenvalue weighted by Crippen LogP contribution is 2.06. The number of hydrogen-bond donors (Lipinski definition) is 2. The quantitative estimate of drug-likeness (QED) is 0.427. The Morgan fingerprint density at radius 1 is 1.62 bits per heavy atom. The van der Waals surface area contributed by atoms with Gasteiger partial charge in [-0.05, 0) is 12.3 Å². The summed E-state index contributed by atoms with van der Waals surface area (Å²) in [7, 11) is 1.36.